The molecule has 2 aromatic rings. The lowest BCUT2D eigenvalue weighted by molar-refractivity contribution is -0.122. The molecule has 2 aliphatic rings. The molecular weight excluding hydrogens is 388 g/mol. The van der Waals surface area contributed by atoms with Gasteiger partial charge in [0.05, 0.1) is 24.3 Å². The second-order valence-electron chi connectivity index (χ2n) is 6.82. The van der Waals surface area contributed by atoms with Crippen LogP contribution in [0.2, 0.25) is 5.02 Å². The van der Waals surface area contributed by atoms with Crippen molar-refractivity contribution >= 4 is 34.9 Å². The molecule has 1 saturated heterocycles. The number of H-pyrrole nitrogens is 1. The molecule has 3 N–H and O–H groups in total. The molecule has 150 valence electrons. The third kappa shape index (κ3) is 3.89. The van der Waals surface area contributed by atoms with Gasteiger partial charge in [-0.15, -0.1) is 0 Å². The lowest BCUT2D eigenvalue weighted by Crippen LogP contribution is -2.52. The minimum Gasteiger partial charge on any atom is -0.483 e. The molecule has 0 spiro atoms. The molecule has 0 radical (unpaired) electrons. The van der Waals surface area contributed by atoms with Gasteiger partial charge in [-0.1, -0.05) is 11.6 Å². The van der Waals surface area contributed by atoms with E-state index in [2.05, 4.69) is 4.98 Å². The monoisotopic (exact) mass is 408 g/mol. The van der Waals surface area contributed by atoms with Crippen molar-refractivity contribution in [3.8, 4) is 0 Å². The smallest absolute Gasteiger partial charge is 0.290 e. The number of rotatable bonds is 2. The highest BCUT2D eigenvalue weighted by molar-refractivity contribution is 6.31. The standard InChI is InChI=1S/C18H19ClN2O4.CH2O2/c19-11-1-2-12-14(7-11)20-8-13(17(12)23)18(24)21-3-4-25-16-6-10(9-22)5-15(16)21;2-1-3/h1-2,7-8,10,15-16,22H,3-6,9H2,(H,20,23);1H,(H,2,3)/t10-,15+,16?;/m1./s1. The zero-order valence-electron chi connectivity index (χ0n) is 15.0. The number of fused-ring (bicyclic) bond motifs is 2. The predicted molar refractivity (Wildman–Crippen MR) is 103 cm³/mol. The van der Waals surface area contributed by atoms with Crippen molar-refractivity contribution in [1.29, 1.82) is 0 Å². The summed E-state index contributed by atoms with van der Waals surface area (Å²) in [7, 11) is 0. The van der Waals surface area contributed by atoms with Gasteiger partial charge in [-0.25, -0.2) is 0 Å². The van der Waals surface area contributed by atoms with E-state index in [1.807, 2.05) is 0 Å². The van der Waals surface area contributed by atoms with Crippen molar-refractivity contribution in [2.45, 2.75) is 25.0 Å². The number of morpholine rings is 1. The fraction of sp³-hybridized carbons (Fsp3) is 0.421. The van der Waals surface area contributed by atoms with Crippen LogP contribution in [0, 0.1) is 5.92 Å². The Balaban J connectivity index is 0.000000706. The number of ether oxygens (including phenoxy) is 1. The van der Waals surface area contributed by atoms with Gasteiger partial charge in [-0.2, -0.15) is 0 Å². The summed E-state index contributed by atoms with van der Waals surface area (Å²) in [5.74, 6) is -0.143. The fourth-order valence-electron chi connectivity index (χ4n) is 3.96. The van der Waals surface area contributed by atoms with Crippen LogP contribution in [0.4, 0.5) is 0 Å². The maximum absolute atomic E-state index is 13.0. The number of pyridine rings is 1. The molecule has 1 aliphatic heterocycles. The number of nitrogens with one attached hydrogen (secondary N) is 1. The van der Waals surface area contributed by atoms with Crippen molar-refractivity contribution in [2.24, 2.45) is 5.92 Å². The summed E-state index contributed by atoms with van der Waals surface area (Å²) in [5.41, 5.74) is 0.438. The van der Waals surface area contributed by atoms with Gasteiger partial charge in [0.15, 0.2) is 0 Å². The van der Waals surface area contributed by atoms with Gasteiger partial charge in [-0.3, -0.25) is 14.4 Å². The van der Waals surface area contributed by atoms with Crippen LogP contribution in [-0.4, -0.2) is 64.4 Å². The van der Waals surface area contributed by atoms with Crippen LogP contribution in [0.1, 0.15) is 23.2 Å². The average Bonchev–Trinajstić information content (AvgIpc) is 3.11. The Bertz CT molecular complexity index is 930. The number of hydrogen-bond acceptors (Lipinski definition) is 5. The van der Waals surface area contributed by atoms with E-state index in [4.69, 9.17) is 26.2 Å². The van der Waals surface area contributed by atoms with E-state index in [9.17, 15) is 14.7 Å². The van der Waals surface area contributed by atoms with E-state index in [1.165, 1.54) is 6.20 Å². The van der Waals surface area contributed by atoms with Crippen molar-refractivity contribution in [1.82, 2.24) is 9.88 Å². The molecule has 0 bridgehead atoms. The largest absolute Gasteiger partial charge is 0.483 e. The van der Waals surface area contributed by atoms with E-state index < -0.39 is 0 Å². The summed E-state index contributed by atoms with van der Waals surface area (Å²) < 4.78 is 5.76. The summed E-state index contributed by atoms with van der Waals surface area (Å²) in [6.45, 7) is 0.748. The zero-order chi connectivity index (χ0) is 20.3. The zero-order valence-corrected chi connectivity index (χ0v) is 15.8. The predicted octanol–water partition coefficient (Wildman–Crippen LogP) is 1.49. The molecule has 2 heterocycles. The number of amides is 1. The van der Waals surface area contributed by atoms with Crippen LogP contribution in [0.15, 0.2) is 29.2 Å². The van der Waals surface area contributed by atoms with Crippen LogP contribution in [0.5, 0.6) is 0 Å². The van der Waals surface area contributed by atoms with Crippen LogP contribution in [0.3, 0.4) is 0 Å². The topological polar surface area (TPSA) is 120 Å². The summed E-state index contributed by atoms with van der Waals surface area (Å²) in [6.07, 6.45) is 2.85. The Hall–Kier alpha value is -2.42. The maximum Gasteiger partial charge on any atom is 0.290 e. The number of aromatic nitrogens is 1. The first kappa shape index (κ1) is 20.3. The number of halogens is 1. The molecule has 1 aromatic heterocycles. The SMILES string of the molecule is O=C(c1c[nH]c2cc(Cl)ccc2c1=O)N1CCOC2C[C@H](CO)C[C@@H]21.O=CO. The van der Waals surface area contributed by atoms with Crippen LogP contribution in [-0.2, 0) is 9.53 Å². The van der Waals surface area contributed by atoms with Crippen molar-refractivity contribution < 1.29 is 24.5 Å². The number of aromatic amines is 1. The van der Waals surface area contributed by atoms with Gasteiger partial charge >= 0.3 is 0 Å². The molecule has 3 atom stereocenters. The number of carboxylic acid groups (broad SMARTS) is 1. The van der Waals surface area contributed by atoms with Gasteiger partial charge in [0.25, 0.3) is 12.4 Å². The Kier molecular flexibility index (Phi) is 6.33. The molecule has 1 saturated carbocycles. The molecule has 28 heavy (non-hydrogen) atoms. The van der Waals surface area contributed by atoms with Crippen LogP contribution < -0.4 is 5.43 Å². The number of aliphatic hydroxyl groups excluding tert-OH is 1. The number of carbonyl (C=O) groups excluding carboxylic acids is 1. The van der Waals surface area contributed by atoms with E-state index >= 15 is 0 Å². The quantitative estimate of drug-likeness (QED) is 0.647. The number of benzene rings is 1. The average molecular weight is 409 g/mol. The fourth-order valence-corrected chi connectivity index (χ4v) is 4.13. The van der Waals surface area contributed by atoms with Gasteiger partial charge in [0.1, 0.15) is 5.56 Å². The summed E-state index contributed by atoms with van der Waals surface area (Å²) in [4.78, 5) is 38.9. The number of carbonyl (C=O) groups is 2. The Labute approximate surface area is 165 Å². The molecule has 2 fully saturated rings. The minimum absolute atomic E-state index is 0.0619. The first-order valence-corrected chi connectivity index (χ1v) is 9.30. The molecule has 1 unspecified atom stereocenters. The Morgan fingerprint density at radius 3 is 2.86 bits per heavy atom. The van der Waals surface area contributed by atoms with Crippen LogP contribution >= 0.6 is 11.6 Å². The molecule has 1 amide bonds. The summed E-state index contributed by atoms with van der Waals surface area (Å²) >= 11 is 5.95. The Morgan fingerprint density at radius 1 is 1.39 bits per heavy atom. The van der Waals surface area contributed by atoms with Crippen molar-refractivity contribution in [3.05, 3.63) is 45.2 Å². The second-order valence-corrected chi connectivity index (χ2v) is 7.26. The van der Waals surface area contributed by atoms with Gasteiger partial charge < -0.3 is 24.8 Å². The normalized spacial score (nSPS) is 23.6. The van der Waals surface area contributed by atoms with E-state index in [0.717, 1.165) is 6.42 Å². The van der Waals surface area contributed by atoms with Crippen molar-refractivity contribution in [2.75, 3.05) is 19.8 Å². The first-order valence-electron chi connectivity index (χ1n) is 8.92. The second kappa shape index (κ2) is 8.72. The lowest BCUT2D eigenvalue weighted by atomic mass is 10.1. The molecule has 4 rings (SSSR count). The van der Waals surface area contributed by atoms with E-state index in [1.54, 1.807) is 23.1 Å². The van der Waals surface area contributed by atoms with Gasteiger partial charge in [0, 0.05) is 29.8 Å². The first-order chi connectivity index (χ1) is 13.5. The van der Waals surface area contributed by atoms with Gasteiger partial charge in [0.2, 0.25) is 5.43 Å². The number of hydrogen-bond donors (Lipinski definition) is 3. The lowest BCUT2D eigenvalue weighted by Gasteiger charge is -2.37. The van der Waals surface area contributed by atoms with E-state index in [-0.39, 0.29) is 48.0 Å². The highest BCUT2D eigenvalue weighted by atomic mass is 35.5. The number of aliphatic hydroxyl groups is 1. The van der Waals surface area contributed by atoms with Crippen LogP contribution in [0.25, 0.3) is 10.9 Å². The molecule has 8 nitrogen and oxygen atoms in total. The molecule has 9 heteroatoms. The maximum atomic E-state index is 13.0. The minimum atomic E-state index is -0.296. The summed E-state index contributed by atoms with van der Waals surface area (Å²) in [5, 5.41) is 17.3. The highest BCUT2D eigenvalue weighted by Crippen LogP contribution is 2.34. The summed E-state index contributed by atoms with van der Waals surface area (Å²) in [6, 6.07) is 4.85. The number of nitrogens with zero attached hydrogens (tertiary/aromatic N) is 1. The molecule has 1 aliphatic carbocycles. The van der Waals surface area contributed by atoms with Crippen molar-refractivity contribution in [3.63, 3.8) is 0 Å². The molecular formula is C19H21ClN2O6. The third-order valence-corrected chi connectivity index (χ3v) is 5.46. The third-order valence-electron chi connectivity index (χ3n) is 5.23. The van der Waals surface area contributed by atoms with E-state index in [0.29, 0.717) is 35.5 Å². The van der Waals surface area contributed by atoms with Gasteiger partial charge in [-0.05, 0) is 37.0 Å². The highest BCUT2D eigenvalue weighted by Gasteiger charge is 2.43. The Morgan fingerprint density at radius 2 is 2.14 bits per heavy atom. The molecule has 1 aromatic carbocycles.